The lowest BCUT2D eigenvalue weighted by atomic mass is 10.1. The van der Waals surface area contributed by atoms with Crippen molar-refractivity contribution in [3.8, 4) is 35.1 Å². The van der Waals surface area contributed by atoms with Crippen molar-refractivity contribution in [1.29, 1.82) is 10.5 Å². The fourth-order valence-corrected chi connectivity index (χ4v) is 5.52. The fraction of sp³-hybridized carbons (Fsp3) is 0.174. The highest BCUT2D eigenvalue weighted by molar-refractivity contribution is 5.47. The van der Waals surface area contributed by atoms with Crippen LogP contribution in [0.15, 0.2) is 109 Å². The molecule has 0 radical (unpaired) electrons. The van der Waals surface area contributed by atoms with Crippen molar-refractivity contribution in [3.05, 3.63) is 188 Å². The summed E-state index contributed by atoms with van der Waals surface area (Å²) in [5.41, 5.74) is 7.65. The number of hydrogen-bond acceptors (Lipinski definition) is 9. The van der Waals surface area contributed by atoms with Gasteiger partial charge in [0.25, 0.3) is 0 Å². The molecule has 0 aliphatic rings. The van der Waals surface area contributed by atoms with Gasteiger partial charge in [-0.25, -0.2) is 14.1 Å². The lowest BCUT2D eigenvalue weighted by Gasteiger charge is -2.16. The predicted octanol–water partition coefficient (Wildman–Crippen LogP) is 9.90. The van der Waals surface area contributed by atoms with Gasteiger partial charge >= 0.3 is 0 Å². The molecule has 0 bridgehead atoms. The summed E-state index contributed by atoms with van der Waals surface area (Å²) in [5.74, 6) is 2.14. The monoisotopic (exact) mass is 772 g/mol. The lowest BCUT2D eigenvalue weighted by molar-refractivity contribution is 0.247. The summed E-state index contributed by atoms with van der Waals surface area (Å²) < 4.78 is 37.2. The quantitative estimate of drug-likeness (QED) is 0.107. The first-order chi connectivity index (χ1) is 28.3. The zero-order valence-corrected chi connectivity index (χ0v) is 31.8. The summed E-state index contributed by atoms with van der Waals surface area (Å²) >= 11 is 0. The van der Waals surface area contributed by atoms with Gasteiger partial charge in [-0.1, -0.05) is 48.5 Å². The van der Waals surface area contributed by atoms with Gasteiger partial charge < -0.3 is 24.1 Å². The largest absolute Gasteiger partial charge is 0.489 e. The second-order valence-electron chi connectivity index (χ2n) is 12.6. The Morgan fingerprint density at radius 3 is 1.34 bits per heavy atom. The Hall–Kier alpha value is -7.77. The molecule has 0 aliphatic carbocycles. The van der Waals surface area contributed by atoms with Crippen LogP contribution in [0.4, 0.5) is 15.8 Å². The number of aryl methyl sites for hydroxylation is 2. The van der Waals surface area contributed by atoms with E-state index in [0.717, 1.165) is 16.7 Å². The smallest absolute Gasteiger partial charge is 0.187 e. The van der Waals surface area contributed by atoms with Crippen LogP contribution < -0.4 is 18.9 Å². The van der Waals surface area contributed by atoms with E-state index in [1.54, 1.807) is 92.1 Å². The van der Waals surface area contributed by atoms with Crippen LogP contribution in [0.1, 0.15) is 55.9 Å². The Kier molecular flexibility index (Phi) is 14.8. The van der Waals surface area contributed by atoms with Crippen molar-refractivity contribution in [1.82, 2.24) is 9.97 Å². The number of aromatic nitrogens is 2. The van der Waals surface area contributed by atoms with Gasteiger partial charge in [0.2, 0.25) is 0 Å². The molecule has 6 rings (SSSR count). The number of ether oxygens (including phenoxy) is 4. The van der Waals surface area contributed by atoms with Crippen LogP contribution in [-0.2, 0) is 39.7 Å². The van der Waals surface area contributed by atoms with Gasteiger partial charge in [0.1, 0.15) is 56.1 Å². The minimum Gasteiger partial charge on any atom is -0.489 e. The van der Waals surface area contributed by atoms with Crippen LogP contribution in [0.25, 0.3) is 9.69 Å². The van der Waals surface area contributed by atoms with Gasteiger partial charge in [-0.15, -0.1) is 0 Å². The molecule has 0 aliphatic heterocycles. The normalized spacial score (nSPS) is 10.1. The number of pyridine rings is 2. The first-order valence-corrected chi connectivity index (χ1v) is 17.8. The van der Waals surface area contributed by atoms with E-state index in [2.05, 4.69) is 25.7 Å². The summed E-state index contributed by atoms with van der Waals surface area (Å²) in [4.78, 5) is 15.4. The first-order valence-electron chi connectivity index (χ1n) is 17.8. The molecule has 0 atom stereocenters. The maximum absolute atomic E-state index is 13.8. The SMILES string of the molecule is [C-]#[N+]c1ccc(COc2c(C)ncc(COc3ccc(C#N)cc3)c2CF)cc1.[C-]#[N+]c1ccc(COc2c(C)ncc(COc3ccc(C#N)cc3)c2CO)cc1. The summed E-state index contributed by atoms with van der Waals surface area (Å²) in [6.45, 7) is 17.6. The van der Waals surface area contributed by atoms with E-state index in [4.69, 9.17) is 42.6 Å². The highest BCUT2D eigenvalue weighted by atomic mass is 19.1. The van der Waals surface area contributed by atoms with Crippen LogP contribution in [0, 0.1) is 49.7 Å². The standard InChI is InChI=1S/C23H18FN3O2.C23H19N3O3/c1-16-23(29-14-18-3-7-20(26-2)8-4-18)22(11-24)19(13-27-16)15-28-21-9-5-17(12-25)6-10-21;1-16-23(29-14-18-3-7-20(25-2)8-4-18)22(13-27)19(12-26-16)15-28-21-9-5-17(11-24)6-10-21/h3-10,13H,11,14-15H2,1H3;3-10,12,27H,13-15H2,1H3. The van der Waals surface area contributed by atoms with Crippen LogP contribution in [0.5, 0.6) is 23.0 Å². The van der Waals surface area contributed by atoms with Gasteiger partial charge in [-0.2, -0.15) is 10.5 Å². The van der Waals surface area contributed by atoms with E-state index in [0.29, 0.717) is 80.2 Å². The van der Waals surface area contributed by atoms with Gasteiger partial charge in [0, 0.05) is 34.6 Å². The van der Waals surface area contributed by atoms with Gasteiger partial charge in [-0.3, -0.25) is 9.97 Å². The van der Waals surface area contributed by atoms with Gasteiger partial charge in [0.15, 0.2) is 11.4 Å². The summed E-state index contributed by atoms with van der Waals surface area (Å²) in [6, 6.07) is 31.9. The lowest BCUT2D eigenvalue weighted by Crippen LogP contribution is -2.07. The second-order valence-corrected chi connectivity index (χ2v) is 12.6. The van der Waals surface area contributed by atoms with E-state index in [1.165, 1.54) is 0 Å². The van der Waals surface area contributed by atoms with Crippen molar-refractivity contribution in [2.75, 3.05) is 0 Å². The number of nitrogens with zero attached hydrogens (tertiary/aromatic N) is 6. The molecule has 11 nitrogen and oxygen atoms in total. The number of benzene rings is 4. The molecule has 0 saturated heterocycles. The molecule has 12 heteroatoms. The minimum atomic E-state index is -0.707. The molecule has 0 fully saturated rings. The summed E-state index contributed by atoms with van der Waals surface area (Å²) in [5, 5.41) is 27.6. The zero-order chi connectivity index (χ0) is 41.3. The Morgan fingerprint density at radius 1 is 0.586 bits per heavy atom. The highest BCUT2D eigenvalue weighted by Gasteiger charge is 2.16. The van der Waals surface area contributed by atoms with Crippen LogP contribution in [0.3, 0.4) is 0 Å². The van der Waals surface area contributed by atoms with Crippen molar-refractivity contribution < 1.29 is 28.4 Å². The molecular weight excluding hydrogens is 736 g/mol. The third-order valence-corrected chi connectivity index (χ3v) is 8.75. The van der Waals surface area contributed by atoms with Gasteiger partial charge in [0.05, 0.1) is 54.4 Å². The summed E-state index contributed by atoms with van der Waals surface area (Å²) in [6.07, 6.45) is 3.26. The molecule has 4 aromatic carbocycles. The molecule has 1 N–H and O–H groups in total. The second kappa shape index (κ2) is 20.8. The number of rotatable bonds is 14. The van der Waals surface area contributed by atoms with Crippen LogP contribution >= 0.6 is 0 Å². The number of hydrogen-bond donors (Lipinski definition) is 1. The van der Waals surface area contributed by atoms with Crippen LogP contribution in [0.2, 0.25) is 0 Å². The van der Waals surface area contributed by atoms with E-state index in [9.17, 15) is 9.50 Å². The van der Waals surface area contributed by atoms with E-state index < -0.39 is 6.67 Å². The molecule has 2 aromatic heterocycles. The average Bonchev–Trinajstić information content (AvgIpc) is 3.27. The zero-order valence-electron chi connectivity index (χ0n) is 31.8. The number of nitriles is 2. The predicted molar refractivity (Wildman–Crippen MR) is 214 cm³/mol. The highest BCUT2D eigenvalue weighted by Crippen LogP contribution is 2.30. The molecule has 0 spiro atoms. The third-order valence-electron chi connectivity index (χ3n) is 8.75. The minimum absolute atomic E-state index is 0.133. The van der Waals surface area contributed by atoms with E-state index in [1.807, 2.05) is 37.3 Å². The molecule has 0 unspecified atom stereocenters. The van der Waals surface area contributed by atoms with Crippen molar-refractivity contribution in [3.63, 3.8) is 0 Å². The van der Waals surface area contributed by atoms with Gasteiger partial charge in [-0.05, 0) is 73.5 Å². The molecule has 6 aromatic rings. The number of alkyl halides is 1. The maximum atomic E-state index is 13.8. The molecule has 0 saturated carbocycles. The Labute approximate surface area is 336 Å². The van der Waals surface area contributed by atoms with E-state index in [-0.39, 0.29) is 26.4 Å². The number of aliphatic hydroxyl groups is 1. The average molecular weight is 773 g/mol. The molecule has 58 heavy (non-hydrogen) atoms. The molecule has 2 heterocycles. The summed E-state index contributed by atoms with van der Waals surface area (Å²) in [7, 11) is 0. The Bertz CT molecular complexity index is 2310. The Balaban J connectivity index is 0.000000221. The molecular formula is C46H37FN6O5. The van der Waals surface area contributed by atoms with Crippen molar-refractivity contribution >= 4 is 11.4 Å². The maximum Gasteiger partial charge on any atom is 0.187 e. The van der Waals surface area contributed by atoms with Crippen molar-refractivity contribution in [2.45, 2.75) is 53.6 Å². The van der Waals surface area contributed by atoms with Crippen molar-refractivity contribution in [2.24, 2.45) is 0 Å². The molecule has 0 amide bonds. The first kappa shape index (κ1) is 41.4. The van der Waals surface area contributed by atoms with Crippen LogP contribution in [-0.4, -0.2) is 15.1 Å². The number of halogens is 1. The molecule has 288 valence electrons. The van der Waals surface area contributed by atoms with E-state index >= 15 is 0 Å². The topological polar surface area (TPSA) is 139 Å². The Morgan fingerprint density at radius 2 is 0.983 bits per heavy atom. The fourth-order valence-electron chi connectivity index (χ4n) is 5.52. The number of aliphatic hydroxyl groups excluding tert-OH is 1. The third kappa shape index (κ3) is 11.1.